The Bertz CT molecular complexity index is 909. The summed E-state index contributed by atoms with van der Waals surface area (Å²) in [5.41, 5.74) is 3.27. The molecular formula is C22H23ClN4O. The van der Waals surface area contributed by atoms with Crippen molar-refractivity contribution in [3.8, 4) is 6.07 Å². The Labute approximate surface area is 170 Å². The van der Waals surface area contributed by atoms with Gasteiger partial charge in [0.25, 0.3) is 5.91 Å². The minimum absolute atomic E-state index is 0.0168. The fourth-order valence-electron chi connectivity index (χ4n) is 4.03. The second-order valence-corrected chi connectivity index (χ2v) is 7.68. The maximum absolute atomic E-state index is 12.9. The number of para-hydroxylation sites is 1. The van der Waals surface area contributed by atoms with E-state index in [1.807, 2.05) is 41.3 Å². The van der Waals surface area contributed by atoms with E-state index in [4.69, 9.17) is 11.6 Å². The molecule has 0 saturated carbocycles. The summed E-state index contributed by atoms with van der Waals surface area (Å²) in [6.45, 7) is 4.74. The number of piperazine rings is 1. The number of halogens is 1. The molecule has 0 bridgehead atoms. The Morgan fingerprint density at radius 1 is 0.893 bits per heavy atom. The normalized spacial score (nSPS) is 16.9. The maximum atomic E-state index is 12.9. The summed E-state index contributed by atoms with van der Waals surface area (Å²) >= 11 is 6.48. The molecule has 5 nitrogen and oxygen atoms in total. The van der Waals surface area contributed by atoms with Crippen LogP contribution in [0.25, 0.3) is 0 Å². The number of amides is 1. The monoisotopic (exact) mass is 394 g/mol. The third-order valence-corrected chi connectivity index (χ3v) is 5.88. The predicted octanol–water partition coefficient (Wildman–Crippen LogP) is 3.77. The fourth-order valence-corrected chi connectivity index (χ4v) is 4.33. The van der Waals surface area contributed by atoms with Crippen LogP contribution in [-0.4, -0.2) is 50.1 Å². The number of carbonyl (C=O) groups excluding carboxylic acids is 1. The number of nitriles is 1. The molecule has 0 atom stereocenters. The zero-order chi connectivity index (χ0) is 19.5. The molecule has 0 aliphatic carbocycles. The fraction of sp³-hybridized carbons (Fsp3) is 0.364. The highest BCUT2D eigenvalue weighted by atomic mass is 35.5. The van der Waals surface area contributed by atoms with Crippen LogP contribution in [0.1, 0.15) is 28.8 Å². The van der Waals surface area contributed by atoms with E-state index in [1.165, 1.54) is 12.8 Å². The molecule has 0 spiro atoms. The van der Waals surface area contributed by atoms with Gasteiger partial charge in [-0.3, -0.25) is 4.79 Å². The zero-order valence-corrected chi connectivity index (χ0v) is 16.5. The lowest BCUT2D eigenvalue weighted by molar-refractivity contribution is 0.0747. The number of nitrogens with zero attached hydrogens (tertiary/aromatic N) is 4. The van der Waals surface area contributed by atoms with Gasteiger partial charge in [-0.25, -0.2) is 0 Å². The highest BCUT2D eigenvalue weighted by molar-refractivity contribution is 6.33. The quantitative estimate of drug-likeness (QED) is 0.795. The van der Waals surface area contributed by atoms with E-state index < -0.39 is 0 Å². The lowest BCUT2D eigenvalue weighted by Gasteiger charge is -2.36. The van der Waals surface area contributed by atoms with Gasteiger partial charge in [0, 0.05) is 44.8 Å². The van der Waals surface area contributed by atoms with Crippen molar-refractivity contribution in [3.63, 3.8) is 0 Å². The number of carbonyl (C=O) groups is 1. The Morgan fingerprint density at radius 3 is 2.25 bits per heavy atom. The number of benzene rings is 2. The van der Waals surface area contributed by atoms with Crippen LogP contribution < -0.4 is 9.80 Å². The first-order valence-corrected chi connectivity index (χ1v) is 10.1. The molecule has 4 rings (SSSR count). The molecule has 0 unspecified atom stereocenters. The summed E-state index contributed by atoms with van der Waals surface area (Å²) in [6.07, 6.45) is 2.38. The van der Waals surface area contributed by atoms with E-state index in [-0.39, 0.29) is 5.91 Å². The molecule has 144 valence electrons. The largest absolute Gasteiger partial charge is 0.370 e. The molecule has 1 amide bonds. The number of rotatable bonds is 3. The van der Waals surface area contributed by atoms with Crippen molar-refractivity contribution in [2.75, 3.05) is 49.1 Å². The van der Waals surface area contributed by atoms with Gasteiger partial charge in [0.2, 0.25) is 0 Å². The molecule has 0 aromatic heterocycles. The summed E-state index contributed by atoms with van der Waals surface area (Å²) in [6, 6.07) is 15.5. The van der Waals surface area contributed by atoms with E-state index in [9.17, 15) is 10.1 Å². The van der Waals surface area contributed by atoms with Gasteiger partial charge in [-0.05, 0) is 43.2 Å². The third-order valence-electron chi connectivity index (χ3n) is 5.57. The molecule has 2 aromatic rings. The molecular weight excluding hydrogens is 372 g/mol. The van der Waals surface area contributed by atoms with E-state index >= 15 is 0 Å². The predicted molar refractivity (Wildman–Crippen MR) is 112 cm³/mol. The van der Waals surface area contributed by atoms with Crippen LogP contribution in [0.5, 0.6) is 0 Å². The summed E-state index contributed by atoms with van der Waals surface area (Å²) in [7, 11) is 0. The minimum Gasteiger partial charge on any atom is -0.370 e. The van der Waals surface area contributed by atoms with Crippen molar-refractivity contribution < 1.29 is 4.79 Å². The lowest BCUT2D eigenvalue weighted by Crippen LogP contribution is -2.49. The van der Waals surface area contributed by atoms with Gasteiger partial charge >= 0.3 is 0 Å². The lowest BCUT2D eigenvalue weighted by atomic mass is 10.1. The first kappa shape index (κ1) is 18.6. The Hall–Kier alpha value is -2.71. The van der Waals surface area contributed by atoms with Crippen molar-refractivity contribution in [3.05, 3.63) is 58.6 Å². The van der Waals surface area contributed by atoms with E-state index in [0.717, 1.165) is 24.5 Å². The van der Waals surface area contributed by atoms with Gasteiger partial charge in [-0.2, -0.15) is 5.26 Å². The van der Waals surface area contributed by atoms with Gasteiger partial charge in [0.15, 0.2) is 0 Å². The molecule has 2 heterocycles. The van der Waals surface area contributed by atoms with E-state index in [1.54, 1.807) is 6.07 Å². The molecule has 2 aliphatic heterocycles. The molecule has 6 heteroatoms. The van der Waals surface area contributed by atoms with Gasteiger partial charge in [0.05, 0.1) is 22.0 Å². The number of hydrogen-bond acceptors (Lipinski definition) is 4. The summed E-state index contributed by atoms with van der Waals surface area (Å²) in [5, 5.41) is 9.96. The Balaban J connectivity index is 1.43. The standard InChI is InChI=1S/C22H23ClN4O/c23-19-15-17(7-8-21(19)25-9-3-4-10-25)22(28)27-13-11-26(12-14-27)20-6-2-1-5-18(20)16-24/h1-2,5-8,15H,3-4,9-14H2. The van der Waals surface area contributed by atoms with Crippen molar-refractivity contribution >= 4 is 28.9 Å². The average Bonchev–Trinajstić information content (AvgIpc) is 3.28. The van der Waals surface area contributed by atoms with Crippen LogP contribution in [0, 0.1) is 11.3 Å². The maximum Gasteiger partial charge on any atom is 0.254 e. The molecule has 28 heavy (non-hydrogen) atoms. The van der Waals surface area contributed by atoms with Crippen molar-refractivity contribution in [1.82, 2.24) is 4.90 Å². The van der Waals surface area contributed by atoms with E-state index in [2.05, 4.69) is 15.9 Å². The smallest absolute Gasteiger partial charge is 0.254 e. The molecule has 2 fully saturated rings. The SMILES string of the molecule is N#Cc1ccccc1N1CCN(C(=O)c2ccc(N3CCCC3)c(Cl)c2)CC1. The third kappa shape index (κ3) is 3.65. The number of hydrogen-bond donors (Lipinski definition) is 0. The summed E-state index contributed by atoms with van der Waals surface area (Å²) in [5.74, 6) is 0.0168. The molecule has 2 aliphatic rings. The second-order valence-electron chi connectivity index (χ2n) is 7.27. The first-order chi connectivity index (χ1) is 13.7. The van der Waals surface area contributed by atoms with Gasteiger partial charge in [-0.1, -0.05) is 23.7 Å². The second kappa shape index (κ2) is 8.12. The summed E-state index contributed by atoms with van der Waals surface area (Å²) < 4.78 is 0. The molecule has 0 radical (unpaired) electrons. The van der Waals surface area contributed by atoms with Crippen LogP contribution in [0.3, 0.4) is 0 Å². The van der Waals surface area contributed by atoms with Crippen LogP contribution in [-0.2, 0) is 0 Å². The topological polar surface area (TPSA) is 50.6 Å². The number of anilines is 2. The average molecular weight is 395 g/mol. The highest BCUT2D eigenvalue weighted by Crippen LogP contribution is 2.30. The molecule has 0 N–H and O–H groups in total. The van der Waals surface area contributed by atoms with Crippen LogP contribution >= 0.6 is 11.6 Å². The van der Waals surface area contributed by atoms with Crippen LogP contribution in [0.4, 0.5) is 11.4 Å². The van der Waals surface area contributed by atoms with Crippen LogP contribution in [0.2, 0.25) is 5.02 Å². The van der Waals surface area contributed by atoms with Crippen molar-refractivity contribution in [2.45, 2.75) is 12.8 Å². The Morgan fingerprint density at radius 2 is 1.57 bits per heavy atom. The molecule has 2 aromatic carbocycles. The zero-order valence-electron chi connectivity index (χ0n) is 15.8. The van der Waals surface area contributed by atoms with Crippen LogP contribution in [0.15, 0.2) is 42.5 Å². The first-order valence-electron chi connectivity index (χ1n) is 9.75. The minimum atomic E-state index is 0.0168. The van der Waals surface area contributed by atoms with E-state index in [0.29, 0.717) is 42.3 Å². The van der Waals surface area contributed by atoms with Gasteiger partial charge < -0.3 is 14.7 Å². The van der Waals surface area contributed by atoms with Gasteiger partial charge in [0.1, 0.15) is 6.07 Å². The highest BCUT2D eigenvalue weighted by Gasteiger charge is 2.24. The van der Waals surface area contributed by atoms with Crippen molar-refractivity contribution in [1.29, 1.82) is 5.26 Å². The van der Waals surface area contributed by atoms with Crippen molar-refractivity contribution in [2.24, 2.45) is 0 Å². The summed E-state index contributed by atoms with van der Waals surface area (Å²) in [4.78, 5) is 19.3. The molecule has 2 saturated heterocycles. The van der Waals surface area contributed by atoms with Gasteiger partial charge in [-0.15, -0.1) is 0 Å². The Kier molecular flexibility index (Phi) is 5.40.